The standard InChI is InChI=1S/C34H28BN3O2S/c1-33(2)34(3,4)40-35(39-33)22-18-19-28-25(20-22)29-30(41-28)32(37-31(36-29)21-12-6-5-7-13-21)38-26-16-10-8-14-23(26)24-15-9-11-17-27(24)38/h5-20H,1-4H3. The third-order valence-electron chi connectivity index (χ3n) is 8.67. The molecule has 0 amide bonds. The second-order valence-corrected chi connectivity index (χ2v) is 12.8. The van der Waals surface area contributed by atoms with Gasteiger partial charge in [0.2, 0.25) is 0 Å². The summed E-state index contributed by atoms with van der Waals surface area (Å²) in [6.07, 6.45) is 0. The molecule has 0 bridgehead atoms. The average Bonchev–Trinajstić information content (AvgIpc) is 3.59. The topological polar surface area (TPSA) is 49.2 Å². The van der Waals surface area contributed by atoms with Gasteiger partial charge in [-0.05, 0) is 51.4 Å². The molecule has 0 N–H and O–H groups in total. The summed E-state index contributed by atoms with van der Waals surface area (Å²) < 4.78 is 17.3. The van der Waals surface area contributed by atoms with E-state index in [1.165, 1.54) is 10.8 Å². The molecule has 8 rings (SSSR count). The van der Waals surface area contributed by atoms with Gasteiger partial charge in [-0.15, -0.1) is 11.3 Å². The lowest BCUT2D eigenvalue weighted by Gasteiger charge is -2.32. The highest BCUT2D eigenvalue weighted by Gasteiger charge is 2.51. The Morgan fingerprint density at radius 3 is 1.95 bits per heavy atom. The van der Waals surface area contributed by atoms with Crippen LogP contribution in [0.3, 0.4) is 0 Å². The van der Waals surface area contributed by atoms with E-state index in [4.69, 9.17) is 19.3 Å². The van der Waals surface area contributed by atoms with E-state index in [9.17, 15) is 0 Å². The molecule has 0 saturated carbocycles. The summed E-state index contributed by atoms with van der Waals surface area (Å²) in [4.78, 5) is 10.5. The third kappa shape index (κ3) is 3.70. The summed E-state index contributed by atoms with van der Waals surface area (Å²) in [5.41, 5.74) is 4.36. The van der Waals surface area contributed by atoms with E-state index in [1.807, 2.05) is 18.2 Å². The molecule has 1 fully saturated rings. The Kier molecular flexibility index (Phi) is 5.27. The molecule has 4 aromatic carbocycles. The van der Waals surface area contributed by atoms with Crippen molar-refractivity contribution in [2.45, 2.75) is 38.9 Å². The Morgan fingerprint density at radius 2 is 1.29 bits per heavy atom. The summed E-state index contributed by atoms with van der Waals surface area (Å²) in [5.74, 6) is 1.60. The number of fused-ring (bicyclic) bond motifs is 6. The van der Waals surface area contributed by atoms with Crippen LogP contribution in [-0.4, -0.2) is 32.9 Å². The molecule has 1 aliphatic rings. The monoisotopic (exact) mass is 553 g/mol. The first-order valence-corrected chi connectivity index (χ1v) is 14.8. The molecule has 0 aliphatic carbocycles. The molecule has 200 valence electrons. The lowest BCUT2D eigenvalue weighted by Crippen LogP contribution is -2.41. The van der Waals surface area contributed by atoms with Crippen molar-refractivity contribution in [1.82, 2.24) is 14.5 Å². The predicted molar refractivity (Wildman–Crippen MR) is 170 cm³/mol. The van der Waals surface area contributed by atoms with E-state index in [-0.39, 0.29) is 0 Å². The van der Waals surface area contributed by atoms with Gasteiger partial charge in [0.05, 0.1) is 32.5 Å². The van der Waals surface area contributed by atoms with Crippen molar-refractivity contribution in [3.63, 3.8) is 0 Å². The van der Waals surface area contributed by atoms with Crippen molar-refractivity contribution in [3.8, 4) is 17.2 Å². The SMILES string of the molecule is CC1(C)OB(c2ccc3sc4c(-n5c6ccccc6c6ccccc65)nc(-c5ccccc5)nc4c3c2)OC1(C)C. The molecule has 1 saturated heterocycles. The van der Waals surface area contributed by atoms with E-state index in [1.54, 1.807) is 11.3 Å². The third-order valence-corrected chi connectivity index (χ3v) is 9.82. The number of hydrogen-bond donors (Lipinski definition) is 0. The van der Waals surface area contributed by atoms with Crippen LogP contribution in [0, 0.1) is 0 Å². The maximum absolute atomic E-state index is 6.40. The highest BCUT2D eigenvalue weighted by molar-refractivity contribution is 7.26. The van der Waals surface area contributed by atoms with Gasteiger partial charge >= 0.3 is 7.12 Å². The van der Waals surface area contributed by atoms with Gasteiger partial charge in [-0.2, -0.15) is 0 Å². The van der Waals surface area contributed by atoms with Gasteiger partial charge in [-0.1, -0.05) is 78.9 Å². The zero-order valence-corrected chi connectivity index (χ0v) is 24.2. The first kappa shape index (κ1) is 24.7. The number of benzene rings is 4. The van der Waals surface area contributed by atoms with Gasteiger partial charge in [0.25, 0.3) is 0 Å². The summed E-state index contributed by atoms with van der Waals surface area (Å²) in [5, 5.41) is 3.50. The predicted octanol–water partition coefficient (Wildman–Crippen LogP) is 7.91. The summed E-state index contributed by atoms with van der Waals surface area (Å²) >= 11 is 1.73. The minimum Gasteiger partial charge on any atom is -0.399 e. The Labute approximate surface area is 242 Å². The van der Waals surface area contributed by atoms with Crippen LogP contribution < -0.4 is 5.46 Å². The number of nitrogens with zero attached hydrogens (tertiary/aromatic N) is 3. The van der Waals surface area contributed by atoms with Crippen LogP contribution in [0.1, 0.15) is 27.7 Å². The molecule has 4 heterocycles. The van der Waals surface area contributed by atoms with E-state index < -0.39 is 18.3 Å². The van der Waals surface area contributed by atoms with Gasteiger partial charge in [0.1, 0.15) is 0 Å². The van der Waals surface area contributed by atoms with Gasteiger partial charge < -0.3 is 9.31 Å². The van der Waals surface area contributed by atoms with Crippen LogP contribution in [0.4, 0.5) is 0 Å². The first-order valence-electron chi connectivity index (χ1n) is 13.9. The van der Waals surface area contributed by atoms with Crippen molar-refractivity contribution < 1.29 is 9.31 Å². The van der Waals surface area contributed by atoms with Crippen molar-refractivity contribution in [1.29, 1.82) is 0 Å². The Hall–Kier alpha value is -4.04. The molecular weight excluding hydrogens is 525 g/mol. The maximum atomic E-state index is 6.40. The van der Waals surface area contributed by atoms with Crippen LogP contribution in [0.25, 0.3) is 59.3 Å². The molecular formula is C34H28BN3O2S. The van der Waals surface area contributed by atoms with Gasteiger partial charge in [0.15, 0.2) is 11.6 Å². The van der Waals surface area contributed by atoms with E-state index in [0.29, 0.717) is 5.82 Å². The molecule has 7 heteroatoms. The summed E-state index contributed by atoms with van der Waals surface area (Å²) in [7, 11) is -0.438. The summed E-state index contributed by atoms with van der Waals surface area (Å²) in [6.45, 7) is 8.34. The fourth-order valence-electron chi connectivity index (χ4n) is 5.79. The van der Waals surface area contributed by atoms with E-state index in [0.717, 1.165) is 48.2 Å². The lowest BCUT2D eigenvalue weighted by atomic mass is 9.79. The average molecular weight is 553 g/mol. The van der Waals surface area contributed by atoms with Crippen molar-refractivity contribution in [2.24, 2.45) is 0 Å². The van der Waals surface area contributed by atoms with Crippen LogP contribution in [0.5, 0.6) is 0 Å². The molecule has 41 heavy (non-hydrogen) atoms. The van der Waals surface area contributed by atoms with Crippen LogP contribution in [-0.2, 0) is 9.31 Å². The van der Waals surface area contributed by atoms with Crippen LogP contribution in [0.15, 0.2) is 97.1 Å². The minimum absolute atomic E-state index is 0.407. The quantitative estimate of drug-likeness (QED) is 0.209. The highest BCUT2D eigenvalue weighted by Crippen LogP contribution is 2.41. The fourth-order valence-corrected chi connectivity index (χ4v) is 6.89. The normalized spacial score (nSPS) is 16.4. The highest BCUT2D eigenvalue weighted by atomic mass is 32.1. The minimum atomic E-state index is -0.438. The second kappa shape index (κ2) is 8.73. The molecule has 0 atom stereocenters. The zero-order chi connectivity index (χ0) is 27.9. The molecule has 7 aromatic rings. The first-order chi connectivity index (χ1) is 19.8. The van der Waals surface area contributed by atoms with Crippen molar-refractivity contribution in [3.05, 3.63) is 97.1 Å². The van der Waals surface area contributed by atoms with Crippen molar-refractivity contribution >= 4 is 66.0 Å². The van der Waals surface area contributed by atoms with E-state index in [2.05, 4.69) is 111 Å². The fraction of sp³-hybridized carbons (Fsp3) is 0.176. The number of hydrogen-bond acceptors (Lipinski definition) is 5. The van der Waals surface area contributed by atoms with Gasteiger partial charge in [0, 0.05) is 26.4 Å². The van der Waals surface area contributed by atoms with Crippen LogP contribution >= 0.6 is 11.3 Å². The molecule has 3 aromatic heterocycles. The zero-order valence-electron chi connectivity index (χ0n) is 23.4. The largest absolute Gasteiger partial charge is 0.494 e. The smallest absolute Gasteiger partial charge is 0.399 e. The Morgan fingerprint density at radius 1 is 0.683 bits per heavy atom. The molecule has 0 spiro atoms. The molecule has 0 radical (unpaired) electrons. The van der Waals surface area contributed by atoms with Crippen LogP contribution in [0.2, 0.25) is 0 Å². The Balaban J connectivity index is 1.43. The van der Waals surface area contributed by atoms with Gasteiger partial charge in [-0.3, -0.25) is 4.57 Å². The number of aromatic nitrogens is 3. The maximum Gasteiger partial charge on any atom is 0.494 e. The lowest BCUT2D eigenvalue weighted by molar-refractivity contribution is 0.00578. The second-order valence-electron chi connectivity index (χ2n) is 11.7. The number of para-hydroxylation sites is 2. The van der Waals surface area contributed by atoms with Crippen molar-refractivity contribution in [2.75, 3.05) is 0 Å². The Bertz CT molecular complexity index is 2060. The van der Waals surface area contributed by atoms with E-state index >= 15 is 0 Å². The number of rotatable bonds is 3. The summed E-state index contributed by atoms with van der Waals surface area (Å²) in [6, 6.07) is 33.8. The molecule has 0 unspecified atom stereocenters. The van der Waals surface area contributed by atoms with Gasteiger partial charge in [-0.25, -0.2) is 9.97 Å². The number of thiophene rings is 1. The molecule has 1 aliphatic heterocycles. The molecule has 5 nitrogen and oxygen atoms in total.